The molecule has 0 atom stereocenters. The van der Waals surface area contributed by atoms with E-state index < -0.39 is 7.92 Å². The summed E-state index contributed by atoms with van der Waals surface area (Å²) in [5, 5.41) is 1.32. The van der Waals surface area contributed by atoms with Gasteiger partial charge in [0.05, 0.1) is 39.6 Å². The van der Waals surface area contributed by atoms with Gasteiger partial charge in [-0.3, -0.25) is 0 Å². The molecule has 0 amide bonds. The van der Waals surface area contributed by atoms with Crippen molar-refractivity contribution in [2.75, 3.05) is 28.4 Å². The molecule has 0 saturated carbocycles. The van der Waals surface area contributed by atoms with E-state index in [1.807, 2.05) is 36.4 Å². The van der Waals surface area contributed by atoms with Crippen LogP contribution in [0.3, 0.4) is 0 Å². The average Bonchev–Trinajstić information content (AvgIpc) is 2.81. The van der Waals surface area contributed by atoms with Crippen LogP contribution in [-0.2, 0) is 0 Å². The van der Waals surface area contributed by atoms with E-state index in [4.69, 9.17) is 18.9 Å². The Balaban J connectivity index is 2.59. The Morgan fingerprint density at radius 3 is 1.03 bits per heavy atom. The molecule has 0 aliphatic carbocycles. The summed E-state index contributed by atoms with van der Waals surface area (Å²) in [4.78, 5) is 0. The second-order valence-corrected chi connectivity index (χ2v) is 14.3. The van der Waals surface area contributed by atoms with Crippen LogP contribution in [0.2, 0.25) is 0 Å². The highest BCUT2D eigenvalue weighted by atomic mass is 31.1. The van der Waals surface area contributed by atoms with E-state index in [1.165, 1.54) is 5.30 Å². The van der Waals surface area contributed by atoms with Gasteiger partial charge in [-0.1, -0.05) is 79.8 Å². The van der Waals surface area contributed by atoms with Crippen LogP contribution in [0.25, 0.3) is 22.3 Å². The third kappa shape index (κ3) is 5.28. The first kappa shape index (κ1) is 26.9. The molecule has 0 heterocycles. The van der Waals surface area contributed by atoms with Crippen LogP contribution in [0.15, 0.2) is 54.6 Å². The molecule has 5 heteroatoms. The fourth-order valence-corrected chi connectivity index (χ4v) is 9.31. The van der Waals surface area contributed by atoms with Crippen molar-refractivity contribution in [2.24, 2.45) is 0 Å². The minimum atomic E-state index is -0.718. The van der Waals surface area contributed by atoms with Crippen LogP contribution in [-0.4, -0.2) is 38.8 Å². The van der Waals surface area contributed by atoms with E-state index in [1.54, 1.807) is 28.4 Å². The summed E-state index contributed by atoms with van der Waals surface area (Å²) in [5.41, 5.74) is 4.15. The normalized spacial score (nSPS) is 12.0. The zero-order valence-corrected chi connectivity index (χ0v) is 23.7. The highest BCUT2D eigenvalue weighted by Crippen LogP contribution is 2.62. The molecule has 3 aromatic carbocycles. The van der Waals surface area contributed by atoms with Crippen LogP contribution >= 0.6 is 7.92 Å². The summed E-state index contributed by atoms with van der Waals surface area (Å²) in [6.45, 7) is 14.0. The van der Waals surface area contributed by atoms with Crippen molar-refractivity contribution in [2.45, 2.75) is 51.9 Å². The first-order valence-corrected chi connectivity index (χ1v) is 13.2. The van der Waals surface area contributed by atoms with Crippen molar-refractivity contribution in [3.05, 3.63) is 54.6 Å². The van der Waals surface area contributed by atoms with Crippen LogP contribution in [0.1, 0.15) is 41.5 Å². The molecule has 0 aliphatic rings. The predicted octanol–water partition coefficient (Wildman–Crippen LogP) is 7.76. The molecule has 35 heavy (non-hydrogen) atoms. The van der Waals surface area contributed by atoms with Gasteiger partial charge in [-0.15, -0.1) is 0 Å². The predicted molar refractivity (Wildman–Crippen MR) is 150 cm³/mol. The Bertz CT molecular complexity index is 1040. The molecular weight excluding hydrogens is 455 g/mol. The summed E-state index contributed by atoms with van der Waals surface area (Å²) in [7, 11) is 6.12. The SMILES string of the molecule is COc1cccc(OC)c1-c1cccc(-c2c(OC)cccc2OC)c1P(C(C)(C)C)C(C)(C)C. The lowest BCUT2D eigenvalue weighted by Gasteiger charge is -2.44. The first-order chi connectivity index (χ1) is 16.5. The van der Waals surface area contributed by atoms with Gasteiger partial charge < -0.3 is 18.9 Å². The minimum Gasteiger partial charge on any atom is -0.496 e. The Morgan fingerprint density at radius 1 is 0.486 bits per heavy atom. The number of hydrogen-bond donors (Lipinski definition) is 0. The number of hydrogen-bond acceptors (Lipinski definition) is 4. The minimum absolute atomic E-state index is 0.0168. The lowest BCUT2D eigenvalue weighted by molar-refractivity contribution is 0.397. The van der Waals surface area contributed by atoms with E-state index in [0.717, 1.165) is 45.3 Å². The summed E-state index contributed by atoms with van der Waals surface area (Å²) in [6.07, 6.45) is 0. The molecular formula is C30H39O4P. The summed E-state index contributed by atoms with van der Waals surface area (Å²) >= 11 is 0. The van der Waals surface area contributed by atoms with Crippen molar-refractivity contribution >= 4 is 13.2 Å². The quantitative estimate of drug-likeness (QED) is 0.315. The lowest BCUT2D eigenvalue weighted by Crippen LogP contribution is -2.33. The van der Waals surface area contributed by atoms with Crippen molar-refractivity contribution in [3.63, 3.8) is 0 Å². The van der Waals surface area contributed by atoms with Gasteiger partial charge in [0.15, 0.2) is 0 Å². The average molecular weight is 495 g/mol. The molecule has 0 spiro atoms. The van der Waals surface area contributed by atoms with E-state index in [0.29, 0.717) is 0 Å². The molecule has 0 radical (unpaired) electrons. The third-order valence-corrected chi connectivity index (χ3v) is 9.61. The number of methoxy groups -OCH3 is 4. The Hall–Kier alpha value is -2.71. The number of ether oxygens (including phenoxy) is 4. The van der Waals surface area contributed by atoms with E-state index in [9.17, 15) is 0 Å². The number of benzene rings is 3. The molecule has 0 aliphatic heterocycles. The van der Waals surface area contributed by atoms with Crippen LogP contribution < -0.4 is 24.3 Å². The van der Waals surface area contributed by atoms with Gasteiger partial charge in [-0.2, -0.15) is 0 Å². The molecule has 0 bridgehead atoms. The molecule has 0 N–H and O–H groups in total. The summed E-state index contributed by atoms with van der Waals surface area (Å²) in [5.74, 6) is 3.14. The van der Waals surface area contributed by atoms with Gasteiger partial charge >= 0.3 is 0 Å². The van der Waals surface area contributed by atoms with Crippen LogP contribution in [0.5, 0.6) is 23.0 Å². The largest absolute Gasteiger partial charge is 0.496 e. The lowest BCUT2D eigenvalue weighted by atomic mass is 9.96. The van der Waals surface area contributed by atoms with Gasteiger partial charge in [-0.05, 0) is 51.0 Å². The topological polar surface area (TPSA) is 36.9 Å². The number of rotatable bonds is 7. The van der Waals surface area contributed by atoms with Crippen LogP contribution in [0, 0.1) is 0 Å². The van der Waals surface area contributed by atoms with E-state index in [-0.39, 0.29) is 10.3 Å². The third-order valence-electron chi connectivity index (χ3n) is 6.00. The standard InChI is InChI=1S/C30H39O4P/c1-29(2,3)35(30(4,5)6)28-20(26-22(31-7)16-12-17-23(26)32-8)14-11-15-21(28)27-24(33-9)18-13-19-25(27)34-10/h11-19H,1-10H3. The molecule has 0 aromatic heterocycles. The second-order valence-electron chi connectivity index (χ2n) is 10.5. The molecule has 0 fully saturated rings. The Morgan fingerprint density at radius 2 is 0.771 bits per heavy atom. The Kier molecular flexibility index (Phi) is 8.07. The first-order valence-electron chi connectivity index (χ1n) is 11.9. The summed E-state index contributed by atoms with van der Waals surface area (Å²) in [6, 6.07) is 18.4. The molecule has 188 valence electrons. The van der Waals surface area contributed by atoms with E-state index >= 15 is 0 Å². The van der Waals surface area contributed by atoms with Crippen molar-refractivity contribution in [1.82, 2.24) is 0 Å². The van der Waals surface area contributed by atoms with Crippen molar-refractivity contribution < 1.29 is 18.9 Å². The van der Waals surface area contributed by atoms with Gasteiger partial charge in [0.25, 0.3) is 0 Å². The molecule has 0 unspecified atom stereocenters. The van der Waals surface area contributed by atoms with Gasteiger partial charge in [0.2, 0.25) is 0 Å². The van der Waals surface area contributed by atoms with Gasteiger partial charge in [0, 0.05) is 0 Å². The maximum atomic E-state index is 5.86. The monoisotopic (exact) mass is 494 g/mol. The summed E-state index contributed by atoms with van der Waals surface area (Å²) < 4.78 is 23.4. The highest BCUT2D eigenvalue weighted by Gasteiger charge is 2.40. The fraction of sp³-hybridized carbons (Fsp3) is 0.400. The molecule has 4 nitrogen and oxygen atoms in total. The van der Waals surface area contributed by atoms with E-state index in [2.05, 4.69) is 59.7 Å². The molecule has 3 rings (SSSR count). The Labute approximate surface area is 212 Å². The zero-order chi connectivity index (χ0) is 26.0. The van der Waals surface area contributed by atoms with Crippen molar-refractivity contribution in [3.8, 4) is 45.3 Å². The smallest absolute Gasteiger partial charge is 0.130 e. The molecule has 0 saturated heterocycles. The second kappa shape index (κ2) is 10.5. The van der Waals surface area contributed by atoms with Crippen molar-refractivity contribution in [1.29, 1.82) is 0 Å². The van der Waals surface area contributed by atoms with Crippen LogP contribution in [0.4, 0.5) is 0 Å². The maximum absolute atomic E-state index is 5.86. The zero-order valence-electron chi connectivity index (χ0n) is 22.8. The van der Waals surface area contributed by atoms with Gasteiger partial charge in [-0.25, -0.2) is 0 Å². The highest BCUT2D eigenvalue weighted by molar-refractivity contribution is 7.69. The molecule has 3 aromatic rings. The van der Waals surface area contributed by atoms with Gasteiger partial charge in [0.1, 0.15) is 23.0 Å². The fourth-order valence-electron chi connectivity index (χ4n) is 5.10. The maximum Gasteiger partial charge on any atom is 0.130 e.